The first-order valence-electron chi connectivity index (χ1n) is 5.14. The topological polar surface area (TPSA) is 101 Å². The first-order chi connectivity index (χ1) is 7.95. The van der Waals surface area contributed by atoms with E-state index in [4.69, 9.17) is 10.5 Å². The molecule has 0 saturated carbocycles. The van der Waals surface area contributed by atoms with E-state index in [0.717, 1.165) is 0 Å². The number of aromatic nitrogens is 2. The van der Waals surface area contributed by atoms with Crippen LogP contribution in [0.15, 0.2) is 4.90 Å². The van der Waals surface area contributed by atoms with Gasteiger partial charge in [-0.15, -0.1) is 0 Å². The number of sulfonamides is 1. The lowest BCUT2D eigenvalue weighted by atomic mass is 10.4. The van der Waals surface area contributed by atoms with Crippen molar-refractivity contribution in [3.8, 4) is 0 Å². The molecule has 0 unspecified atom stereocenters. The predicted molar refractivity (Wildman–Crippen MR) is 62.9 cm³/mol. The monoisotopic (exact) mass is 262 g/mol. The fraction of sp³-hybridized carbons (Fsp3) is 0.667. The van der Waals surface area contributed by atoms with Crippen molar-refractivity contribution in [2.24, 2.45) is 5.73 Å². The Kier molecular flexibility index (Phi) is 4.63. The van der Waals surface area contributed by atoms with Gasteiger partial charge in [-0.2, -0.15) is 9.40 Å². The highest BCUT2D eigenvalue weighted by Crippen LogP contribution is 2.20. The summed E-state index contributed by atoms with van der Waals surface area (Å²) in [7, 11) is -0.538. The van der Waals surface area contributed by atoms with Gasteiger partial charge in [0.2, 0.25) is 10.0 Å². The van der Waals surface area contributed by atoms with Crippen LogP contribution in [0, 0.1) is 6.92 Å². The lowest BCUT2D eigenvalue weighted by Crippen LogP contribution is -2.31. The molecule has 0 aliphatic rings. The summed E-state index contributed by atoms with van der Waals surface area (Å²) in [6.07, 6.45) is 0. The highest BCUT2D eigenvalue weighted by Gasteiger charge is 2.27. The molecule has 0 saturated heterocycles. The SMILES string of the molecule is COCCN(C)S(=O)(=O)c1c(CN)n[nH]c1C. The largest absolute Gasteiger partial charge is 0.383 e. The fourth-order valence-electron chi connectivity index (χ4n) is 1.45. The van der Waals surface area contributed by atoms with Gasteiger partial charge in [-0.3, -0.25) is 5.10 Å². The molecule has 3 N–H and O–H groups in total. The van der Waals surface area contributed by atoms with Gasteiger partial charge in [0.1, 0.15) is 4.90 Å². The minimum Gasteiger partial charge on any atom is -0.383 e. The first-order valence-corrected chi connectivity index (χ1v) is 6.58. The van der Waals surface area contributed by atoms with Crippen molar-refractivity contribution >= 4 is 10.0 Å². The van der Waals surface area contributed by atoms with Crippen LogP contribution in [-0.2, 0) is 21.3 Å². The highest BCUT2D eigenvalue weighted by atomic mass is 32.2. The number of H-pyrrole nitrogens is 1. The molecule has 98 valence electrons. The smallest absolute Gasteiger partial charge is 0.246 e. The summed E-state index contributed by atoms with van der Waals surface area (Å²) in [5.41, 5.74) is 6.32. The molecule has 0 atom stereocenters. The van der Waals surface area contributed by atoms with Crippen LogP contribution < -0.4 is 5.73 Å². The molecule has 1 aromatic heterocycles. The number of nitrogens with one attached hydrogen (secondary N) is 1. The molecule has 0 spiro atoms. The van der Waals surface area contributed by atoms with E-state index in [1.807, 2.05) is 0 Å². The molecular formula is C9H18N4O3S. The molecule has 0 aliphatic heterocycles. The van der Waals surface area contributed by atoms with Crippen molar-refractivity contribution in [2.45, 2.75) is 18.4 Å². The standard InChI is InChI=1S/C9H18N4O3S/c1-7-9(8(6-10)12-11-7)17(14,15)13(2)4-5-16-3/h4-6,10H2,1-3H3,(H,11,12). The maximum Gasteiger partial charge on any atom is 0.246 e. The summed E-state index contributed by atoms with van der Waals surface area (Å²) in [5.74, 6) is 0. The van der Waals surface area contributed by atoms with Crippen LogP contribution >= 0.6 is 0 Å². The van der Waals surface area contributed by atoms with Gasteiger partial charge in [-0.25, -0.2) is 8.42 Å². The van der Waals surface area contributed by atoms with Crippen LogP contribution in [0.2, 0.25) is 0 Å². The molecule has 17 heavy (non-hydrogen) atoms. The molecule has 8 heteroatoms. The van der Waals surface area contributed by atoms with E-state index < -0.39 is 10.0 Å². The molecule has 1 aromatic rings. The second-order valence-corrected chi connectivity index (χ2v) is 5.63. The second kappa shape index (κ2) is 5.58. The zero-order valence-corrected chi connectivity index (χ0v) is 11.0. The molecule has 0 radical (unpaired) electrons. The van der Waals surface area contributed by atoms with Crippen LogP contribution in [0.1, 0.15) is 11.4 Å². The lowest BCUT2D eigenvalue weighted by molar-refractivity contribution is 0.185. The Balaban J connectivity index is 3.08. The maximum atomic E-state index is 12.3. The van der Waals surface area contributed by atoms with Gasteiger partial charge < -0.3 is 10.5 Å². The summed E-state index contributed by atoms with van der Waals surface area (Å²) >= 11 is 0. The van der Waals surface area contributed by atoms with Gasteiger partial charge in [0.25, 0.3) is 0 Å². The third-order valence-corrected chi connectivity index (χ3v) is 4.49. The van der Waals surface area contributed by atoms with Crippen molar-refractivity contribution in [3.05, 3.63) is 11.4 Å². The summed E-state index contributed by atoms with van der Waals surface area (Å²) in [5, 5.41) is 6.51. The number of likely N-dealkylation sites (N-methyl/N-ethyl adjacent to an activating group) is 1. The summed E-state index contributed by atoms with van der Waals surface area (Å²) in [6, 6.07) is 0. The third-order valence-electron chi connectivity index (χ3n) is 2.43. The number of nitrogens with zero attached hydrogens (tertiary/aromatic N) is 2. The molecule has 0 amide bonds. The van der Waals surface area contributed by atoms with Crippen LogP contribution in [0.25, 0.3) is 0 Å². The maximum absolute atomic E-state index is 12.3. The number of nitrogens with two attached hydrogens (primary N) is 1. The van der Waals surface area contributed by atoms with Crippen LogP contribution in [-0.4, -0.2) is 50.2 Å². The van der Waals surface area contributed by atoms with E-state index in [2.05, 4.69) is 10.2 Å². The molecule has 7 nitrogen and oxygen atoms in total. The van der Waals surface area contributed by atoms with Gasteiger partial charge in [0, 0.05) is 27.2 Å². The molecule has 0 aliphatic carbocycles. The van der Waals surface area contributed by atoms with Crippen molar-refractivity contribution < 1.29 is 13.2 Å². The fourth-order valence-corrected chi connectivity index (χ4v) is 2.93. The van der Waals surface area contributed by atoms with E-state index in [1.54, 1.807) is 6.92 Å². The van der Waals surface area contributed by atoms with E-state index >= 15 is 0 Å². The molecule has 0 aromatic carbocycles. The third kappa shape index (κ3) is 2.83. The second-order valence-electron chi connectivity index (χ2n) is 3.65. The Morgan fingerprint density at radius 1 is 1.53 bits per heavy atom. The molecule has 1 heterocycles. The highest BCUT2D eigenvalue weighted by molar-refractivity contribution is 7.89. The average molecular weight is 262 g/mol. The van der Waals surface area contributed by atoms with Gasteiger partial charge in [0.05, 0.1) is 18.0 Å². The summed E-state index contributed by atoms with van der Waals surface area (Å²) in [6.45, 7) is 2.36. The number of hydrogen-bond donors (Lipinski definition) is 2. The van der Waals surface area contributed by atoms with Crippen molar-refractivity contribution in [1.82, 2.24) is 14.5 Å². The Labute approximate surface area is 101 Å². The molecule has 1 rings (SSSR count). The minimum absolute atomic E-state index is 0.0804. The van der Waals surface area contributed by atoms with Crippen molar-refractivity contribution in [1.29, 1.82) is 0 Å². The number of rotatable bonds is 6. The number of ether oxygens (including phenoxy) is 1. The number of methoxy groups -OCH3 is 1. The number of hydrogen-bond acceptors (Lipinski definition) is 5. The average Bonchev–Trinajstić information content (AvgIpc) is 2.67. The van der Waals surface area contributed by atoms with Crippen molar-refractivity contribution in [2.75, 3.05) is 27.3 Å². The molecule has 0 bridgehead atoms. The first kappa shape index (κ1) is 14.1. The van der Waals surface area contributed by atoms with Crippen LogP contribution in [0.3, 0.4) is 0 Å². The molecular weight excluding hydrogens is 244 g/mol. The number of aryl methyl sites for hydroxylation is 1. The van der Waals surface area contributed by atoms with Gasteiger partial charge in [-0.1, -0.05) is 0 Å². The Morgan fingerprint density at radius 2 is 2.18 bits per heavy atom. The van der Waals surface area contributed by atoms with Gasteiger partial charge in [-0.05, 0) is 6.92 Å². The van der Waals surface area contributed by atoms with E-state index in [0.29, 0.717) is 18.0 Å². The van der Waals surface area contributed by atoms with Gasteiger partial charge >= 0.3 is 0 Å². The van der Waals surface area contributed by atoms with Crippen LogP contribution in [0.5, 0.6) is 0 Å². The summed E-state index contributed by atoms with van der Waals surface area (Å²) < 4.78 is 30.6. The Hall–Kier alpha value is -0.960. The zero-order chi connectivity index (χ0) is 13.1. The van der Waals surface area contributed by atoms with E-state index in [1.165, 1.54) is 18.5 Å². The van der Waals surface area contributed by atoms with E-state index in [9.17, 15) is 8.42 Å². The van der Waals surface area contributed by atoms with Crippen molar-refractivity contribution in [3.63, 3.8) is 0 Å². The van der Waals surface area contributed by atoms with Gasteiger partial charge in [0.15, 0.2) is 0 Å². The normalized spacial score (nSPS) is 12.3. The molecule has 0 fully saturated rings. The predicted octanol–water partition coefficient (Wildman–Crippen LogP) is -0.556. The number of aromatic amines is 1. The quantitative estimate of drug-likeness (QED) is 0.716. The van der Waals surface area contributed by atoms with E-state index in [-0.39, 0.29) is 18.0 Å². The van der Waals surface area contributed by atoms with Crippen LogP contribution in [0.4, 0.5) is 0 Å². The Morgan fingerprint density at radius 3 is 2.71 bits per heavy atom. The lowest BCUT2D eigenvalue weighted by Gasteiger charge is -2.16. The summed E-state index contributed by atoms with van der Waals surface area (Å²) in [4.78, 5) is 0.165. The minimum atomic E-state index is -3.56. The zero-order valence-electron chi connectivity index (χ0n) is 10.2. The Bertz CT molecular complexity index is 469.